The van der Waals surface area contributed by atoms with Crippen molar-refractivity contribution in [3.05, 3.63) is 70.2 Å². The van der Waals surface area contributed by atoms with Gasteiger partial charge in [0.15, 0.2) is 0 Å². The van der Waals surface area contributed by atoms with E-state index in [-0.39, 0.29) is 10.8 Å². The van der Waals surface area contributed by atoms with Gasteiger partial charge < -0.3 is 0 Å². The van der Waals surface area contributed by atoms with Gasteiger partial charge in [-0.05, 0) is 40.7 Å². The highest BCUT2D eigenvalue weighted by atomic mass is 35.5. The van der Waals surface area contributed by atoms with E-state index in [2.05, 4.69) is 51.1 Å². The van der Waals surface area contributed by atoms with Crippen molar-refractivity contribution in [1.29, 1.82) is 0 Å². The van der Waals surface area contributed by atoms with Gasteiger partial charge in [-0.3, -0.25) is 0 Å². The van der Waals surface area contributed by atoms with Crippen LogP contribution in [0.3, 0.4) is 0 Å². The molecule has 0 radical (unpaired) electrons. The predicted octanol–water partition coefficient (Wildman–Crippen LogP) is 6.16. The Morgan fingerprint density at radius 1 is 1.00 bits per heavy atom. The third kappa shape index (κ3) is 3.77. The first kappa shape index (κ1) is 15.4. The van der Waals surface area contributed by atoms with Crippen LogP contribution in [0.4, 0.5) is 0 Å². The smallest absolute Gasteiger partial charge is 0.0628 e. The Labute approximate surface area is 131 Å². The lowest BCUT2D eigenvalue weighted by molar-refractivity contribution is 0.580. The quantitative estimate of drug-likeness (QED) is 0.596. The van der Waals surface area contributed by atoms with Gasteiger partial charge >= 0.3 is 0 Å². The first-order chi connectivity index (χ1) is 9.38. The predicted molar refractivity (Wildman–Crippen MR) is 88.9 cm³/mol. The highest BCUT2D eigenvalue weighted by Crippen LogP contribution is 2.34. The SMILES string of the molecule is CC(C)(C)c1ccccc1C(Cl)Cc1cccc(Cl)c1. The van der Waals surface area contributed by atoms with Crippen molar-refractivity contribution in [2.45, 2.75) is 38.0 Å². The number of hydrogen-bond acceptors (Lipinski definition) is 0. The summed E-state index contributed by atoms with van der Waals surface area (Å²) in [6.45, 7) is 6.65. The molecule has 0 nitrogen and oxygen atoms in total. The van der Waals surface area contributed by atoms with E-state index in [4.69, 9.17) is 23.2 Å². The molecule has 0 amide bonds. The molecule has 0 aromatic heterocycles. The standard InChI is InChI=1S/C18H20Cl2/c1-18(2,3)16-10-5-4-9-15(16)17(20)12-13-7-6-8-14(19)11-13/h4-11,17H,12H2,1-3H3. The molecule has 0 aliphatic rings. The molecule has 20 heavy (non-hydrogen) atoms. The lowest BCUT2D eigenvalue weighted by Crippen LogP contribution is -2.15. The molecule has 0 N–H and O–H groups in total. The van der Waals surface area contributed by atoms with Crippen molar-refractivity contribution in [3.63, 3.8) is 0 Å². The molecule has 2 heteroatoms. The van der Waals surface area contributed by atoms with E-state index in [1.165, 1.54) is 16.7 Å². The zero-order valence-corrected chi connectivity index (χ0v) is 13.7. The summed E-state index contributed by atoms with van der Waals surface area (Å²) in [5.74, 6) is 0. The number of rotatable bonds is 3. The lowest BCUT2D eigenvalue weighted by Gasteiger charge is -2.25. The zero-order valence-electron chi connectivity index (χ0n) is 12.2. The average Bonchev–Trinajstić information content (AvgIpc) is 2.37. The van der Waals surface area contributed by atoms with Crippen LogP contribution >= 0.6 is 23.2 Å². The van der Waals surface area contributed by atoms with Crippen molar-refractivity contribution in [1.82, 2.24) is 0 Å². The van der Waals surface area contributed by atoms with Crippen LogP contribution in [0.5, 0.6) is 0 Å². The minimum Gasteiger partial charge on any atom is -0.117 e. The van der Waals surface area contributed by atoms with Crippen molar-refractivity contribution >= 4 is 23.2 Å². The normalized spacial score (nSPS) is 13.2. The summed E-state index contributed by atoms with van der Waals surface area (Å²) in [7, 11) is 0. The Hall–Kier alpha value is -0.980. The Balaban J connectivity index is 2.28. The minimum atomic E-state index is -0.0381. The maximum atomic E-state index is 6.66. The average molecular weight is 307 g/mol. The molecule has 0 bridgehead atoms. The van der Waals surface area contributed by atoms with E-state index in [0.717, 1.165) is 11.4 Å². The van der Waals surface area contributed by atoms with Gasteiger partial charge in [-0.25, -0.2) is 0 Å². The first-order valence-corrected chi connectivity index (χ1v) is 7.67. The van der Waals surface area contributed by atoms with Crippen molar-refractivity contribution < 1.29 is 0 Å². The molecule has 2 aromatic rings. The van der Waals surface area contributed by atoms with E-state index in [1.54, 1.807) is 0 Å². The maximum Gasteiger partial charge on any atom is 0.0628 e. The van der Waals surface area contributed by atoms with E-state index < -0.39 is 0 Å². The number of alkyl halides is 1. The van der Waals surface area contributed by atoms with Crippen LogP contribution in [-0.4, -0.2) is 0 Å². The van der Waals surface area contributed by atoms with Gasteiger partial charge in [0.2, 0.25) is 0 Å². The second kappa shape index (κ2) is 6.20. The molecule has 0 heterocycles. The molecule has 0 fully saturated rings. The highest BCUT2D eigenvalue weighted by molar-refractivity contribution is 6.30. The van der Waals surface area contributed by atoms with Crippen LogP contribution < -0.4 is 0 Å². The van der Waals surface area contributed by atoms with Gasteiger partial charge in [0.1, 0.15) is 0 Å². The monoisotopic (exact) mass is 306 g/mol. The molecule has 2 aromatic carbocycles. The van der Waals surface area contributed by atoms with Crippen LogP contribution in [0.15, 0.2) is 48.5 Å². The fraction of sp³-hybridized carbons (Fsp3) is 0.333. The Morgan fingerprint density at radius 2 is 1.70 bits per heavy atom. The van der Waals surface area contributed by atoms with Gasteiger partial charge in [0.25, 0.3) is 0 Å². The van der Waals surface area contributed by atoms with Gasteiger partial charge in [0, 0.05) is 5.02 Å². The topological polar surface area (TPSA) is 0 Å². The van der Waals surface area contributed by atoms with E-state index in [1.807, 2.05) is 18.2 Å². The molecule has 2 rings (SSSR count). The van der Waals surface area contributed by atoms with E-state index >= 15 is 0 Å². The number of hydrogen-bond donors (Lipinski definition) is 0. The summed E-state index contributed by atoms with van der Waals surface area (Å²) in [5.41, 5.74) is 3.78. The molecule has 1 atom stereocenters. The van der Waals surface area contributed by atoms with Crippen molar-refractivity contribution in [2.24, 2.45) is 0 Å². The van der Waals surface area contributed by atoms with Gasteiger partial charge in [0.05, 0.1) is 5.38 Å². The molecular weight excluding hydrogens is 287 g/mol. The molecule has 1 unspecified atom stereocenters. The Bertz CT molecular complexity index is 582. The highest BCUT2D eigenvalue weighted by Gasteiger charge is 2.21. The van der Waals surface area contributed by atoms with Gasteiger partial charge in [-0.15, -0.1) is 11.6 Å². The molecule has 0 aliphatic carbocycles. The molecule has 0 aliphatic heterocycles. The van der Waals surface area contributed by atoms with E-state index in [9.17, 15) is 0 Å². The number of halogens is 2. The van der Waals surface area contributed by atoms with Crippen LogP contribution in [0.2, 0.25) is 5.02 Å². The lowest BCUT2D eigenvalue weighted by atomic mass is 9.82. The van der Waals surface area contributed by atoms with Crippen LogP contribution in [0.1, 0.15) is 42.8 Å². The Morgan fingerprint density at radius 3 is 2.35 bits per heavy atom. The Kier molecular flexibility index (Phi) is 4.78. The van der Waals surface area contributed by atoms with Gasteiger partial charge in [-0.2, -0.15) is 0 Å². The fourth-order valence-electron chi connectivity index (χ4n) is 2.43. The third-order valence-corrected chi connectivity index (χ3v) is 4.03. The van der Waals surface area contributed by atoms with Gasteiger partial charge in [-0.1, -0.05) is 68.8 Å². The fourth-order valence-corrected chi connectivity index (χ4v) is 3.02. The zero-order chi connectivity index (χ0) is 14.8. The van der Waals surface area contributed by atoms with Crippen molar-refractivity contribution in [3.8, 4) is 0 Å². The summed E-state index contributed by atoms with van der Waals surface area (Å²) in [5, 5.41) is 0.722. The summed E-state index contributed by atoms with van der Waals surface area (Å²) < 4.78 is 0. The molecular formula is C18H20Cl2. The maximum absolute atomic E-state index is 6.66. The summed E-state index contributed by atoms with van der Waals surface area (Å²) in [6, 6.07) is 16.3. The third-order valence-electron chi connectivity index (χ3n) is 3.41. The van der Waals surface area contributed by atoms with Crippen LogP contribution in [0, 0.1) is 0 Å². The second-order valence-electron chi connectivity index (χ2n) is 6.14. The number of benzene rings is 2. The summed E-state index contributed by atoms with van der Waals surface area (Å²) in [4.78, 5) is 0. The molecule has 0 saturated heterocycles. The minimum absolute atomic E-state index is 0.0381. The summed E-state index contributed by atoms with van der Waals surface area (Å²) >= 11 is 12.7. The second-order valence-corrected chi connectivity index (χ2v) is 7.10. The summed E-state index contributed by atoms with van der Waals surface area (Å²) in [6.07, 6.45) is 0.787. The van der Waals surface area contributed by atoms with Crippen LogP contribution in [-0.2, 0) is 11.8 Å². The van der Waals surface area contributed by atoms with Crippen molar-refractivity contribution in [2.75, 3.05) is 0 Å². The first-order valence-electron chi connectivity index (χ1n) is 6.86. The molecule has 0 spiro atoms. The largest absolute Gasteiger partial charge is 0.117 e. The van der Waals surface area contributed by atoms with E-state index in [0.29, 0.717) is 0 Å². The molecule has 0 saturated carbocycles. The molecule has 106 valence electrons. The van der Waals surface area contributed by atoms with Crippen LogP contribution in [0.25, 0.3) is 0 Å².